The van der Waals surface area contributed by atoms with E-state index in [1.165, 1.54) is 5.56 Å². The van der Waals surface area contributed by atoms with Gasteiger partial charge in [-0.3, -0.25) is 0 Å². The average molecular weight is 237 g/mol. The summed E-state index contributed by atoms with van der Waals surface area (Å²) in [6.45, 7) is 4.12. The zero-order valence-electron chi connectivity index (χ0n) is 9.43. The number of aryl methyl sites for hydroxylation is 1. The monoisotopic (exact) mass is 237 g/mol. The molecule has 0 amide bonds. The van der Waals surface area contributed by atoms with Crippen LogP contribution in [0.15, 0.2) is 15.3 Å². The first-order valence-corrected chi connectivity index (χ1v) is 6.29. The van der Waals surface area contributed by atoms with E-state index < -0.39 is 0 Å². The van der Waals surface area contributed by atoms with E-state index in [9.17, 15) is 0 Å². The van der Waals surface area contributed by atoms with E-state index in [1.54, 1.807) is 11.3 Å². The maximum atomic E-state index is 5.92. The van der Waals surface area contributed by atoms with Gasteiger partial charge in [-0.1, -0.05) is 18.5 Å². The Morgan fingerprint density at radius 3 is 2.94 bits per heavy atom. The van der Waals surface area contributed by atoms with Crippen molar-refractivity contribution in [3.8, 4) is 11.4 Å². The Kier molecular flexibility index (Phi) is 3.36. The molecule has 0 bridgehead atoms. The first kappa shape index (κ1) is 11.3. The quantitative estimate of drug-likeness (QED) is 0.888. The van der Waals surface area contributed by atoms with Crippen molar-refractivity contribution < 1.29 is 4.52 Å². The summed E-state index contributed by atoms with van der Waals surface area (Å²) in [6, 6.07) is -0.148. The third-order valence-corrected chi connectivity index (χ3v) is 3.32. The van der Waals surface area contributed by atoms with Gasteiger partial charge >= 0.3 is 0 Å². The second-order valence-corrected chi connectivity index (χ2v) is 4.56. The minimum absolute atomic E-state index is 0.148. The van der Waals surface area contributed by atoms with E-state index in [4.69, 9.17) is 10.3 Å². The fourth-order valence-corrected chi connectivity index (χ4v) is 2.35. The Bertz CT molecular complexity index is 463. The normalized spacial score (nSPS) is 12.9. The van der Waals surface area contributed by atoms with Crippen LogP contribution in [0.4, 0.5) is 0 Å². The lowest BCUT2D eigenvalue weighted by Gasteiger charge is -2.02. The molecule has 0 aliphatic carbocycles. The minimum atomic E-state index is -0.148. The molecule has 86 valence electrons. The van der Waals surface area contributed by atoms with Crippen molar-refractivity contribution in [2.45, 2.75) is 32.7 Å². The highest BCUT2D eigenvalue weighted by Gasteiger charge is 2.16. The van der Waals surface area contributed by atoms with Crippen LogP contribution in [0.2, 0.25) is 0 Å². The van der Waals surface area contributed by atoms with Gasteiger partial charge in [0, 0.05) is 10.9 Å². The van der Waals surface area contributed by atoms with Crippen molar-refractivity contribution in [3.05, 3.63) is 22.2 Å². The molecule has 2 aromatic heterocycles. The highest BCUT2D eigenvalue weighted by atomic mass is 32.1. The molecule has 2 aromatic rings. The van der Waals surface area contributed by atoms with Gasteiger partial charge in [-0.2, -0.15) is 16.3 Å². The van der Waals surface area contributed by atoms with Gasteiger partial charge in [-0.25, -0.2) is 0 Å². The van der Waals surface area contributed by atoms with Crippen molar-refractivity contribution in [2.24, 2.45) is 5.73 Å². The lowest BCUT2D eigenvalue weighted by Crippen LogP contribution is -2.09. The number of thiophene rings is 1. The molecule has 16 heavy (non-hydrogen) atoms. The van der Waals surface area contributed by atoms with Crippen LogP contribution in [0.3, 0.4) is 0 Å². The van der Waals surface area contributed by atoms with E-state index in [0.717, 1.165) is 18.4 Å². The largest absolute Gasteiger partial charge is 0.337 e. The molecule has 0 fully saturated rings. The summed E-state index contributed by atoms with van der Waals surface area (Å²) in [5.41, 5.74) is 8.12. The third kappa shape index (κ3) is 2.15. The molecule has 1 atom stereocenters. The van der Waals surface area contributed by atoms with Crippen LogP contribution in [0, 0.1) is 6.92 Å². The maximum Gasteiger partial charge on any atom is 0.243 e. The highest BCUT2D eigenvalue weighted by molar-refractivity contribution is 7.08. The third-order valence-electron chi connectivity index (χ3n) is 2.46. The number of rotatable bonds is 4. The SMILES string of the molecule is CCC[C@H](N)c1nc(-c2cscc2C)no1. The van der Waals surface area contributed by atoms with Crippen LogP contribution < -0.4 is 5.73 Å². The molecule has 0 unspecified atom stereocenters. The molecule has 2 heterocycles. The summed E-state index contributed by atoms with van der Waals surface area (Å²) in [6.07, 6.45) is 1.88. The number of nitrogens with zero attached hydrogens (tertiary/aromatic N) is 2. The Balaban J connectivity index is 2.23. The van der Waals surface area contributed by atoms with Crippen LogP contribution in [0.1, 0.15) is 37.3 Å². The van der Waals surface area contributed by atoms with E-state index in [1.807, 2.05) is 12.3 Å². The topological polar surface area (TPSA) is 64.9 Å². The molecule has 0 aromatic carbocycles. The summed E-state index contributed by atoms with van der Waals surface area (Å²) in [5, 5.41) is 8.05. The number of hydrogen-bond donors (Lipinski definition) is 1. The van der Waals surface area contributed by atoms with E-state index >= 15 is 0 Å². The van der Waals surface area contributed by atoms with Gasteiger partial charge in [-0.05, 0) is 24.3 Å². The molecule has 0 saturated heterocycles. The van der Waals surface area contributed by atoms with Crippen LogP contribution in [-0.2, 0) is 0 Å². The maximum absolute atomic E-state index is 5.92. The van der Waals surface area contributed by atoms with Crippen LogP contribution in [-0.4, -0.2) is 10.1 Å². The number of aromatic nitrogens is 2. The fourth-order valence-electron chi connectivity index (χ4n) is 1.52. The zero-order chi connectivity index (χ0) is 11.5. The molecular weight excluding hydrogens is 222 g/mol. The molecule has 0 saturated carbocycles. The summed E-state index contributed by atoms with van der Waals surface area (Å²) < 4.78 is 5.18. The molecule has 2 rings (SSSR count). The van der Waals surface area contributed by atoms with Crippen LogP contribution >= 0.6 is 11.3 Å². The first-order valence-electron chi connectivity index (χ1n) is 5.34. The van der Waals surface area contributed by atoms with Crippen LogP contribution in [0.25, 0.3) is 11.4 Å². The predicted octanol–water partition coefficient (Wildman–Crippen LogP) is 2.91. The second-order valence-electron chi connectivity index (χ2n) is 3.82. The van der Waals surface area contributed by atoms with Crippen molar-refractivity contribution >= 4 is 11.3 Å². The Labute approximate surface area is 98.5 Å². The second kappa shape index (κ2) is 4.76. The molecule has 0 aliphatic rings. The van der Waals surface area contributed by atoms with Gasteiger partial charge < -0.3 is 10.3 Å². The lowest BCUT2D eigenvalue weighted by molar-refractivity contribution is 0.348. The standard InChI is InChI=1S/C11H15N3OS/c1-3-4-9(12)11-13-10(14-15-11)8-6-16-5-7(8)2/h5-6,9H,3-4,12H2,1-2H3/t9-/m0/s1. The Hall–Kier alpha value is -1.20. The van der Waals surface area contributed by atoms with E-state index in [-0.39, 0.29) is 6.04 Å². The first-order chi connectivity index (χ1) is 7.72. The Morgan fingerprint density at radius 1 is 1.50 bits per heavy atom. The number of nitrogens with two attached hydrogens (primary N) is 1. The van der Waals surface area contributed by atoms with E-state index in [0.29, 0.717) is 11.7 Å². The summed E-state index contributed by atoms with van der Waals surface area (Å²) in [5.74, 6) is 1.17. The Morgan fingerprint density at radius 2 is 2.31 bits per heavy atom. The van der Waals surface area contributed by atoms with Gasteiger partial charge in [0.25, 0.3) is 0 Å². The van der Waals surface area contributed by atoms with Crippen LogP contribution in [0.5, 0.6) is 0 Å². The molecule has 5 heteroatoms. The fraction of sp³-hybridized carbons (Fsp3) is 0.455. The lowest BCUT2D eigenvalue weighted by atomic mass is 10.2. The van der Waals surface area contributed by atoms with Crippen molar-refractivity contribution in [1.29, 1.82) is 0 Å². The molecule has 2 N–H and O–H groups in total. The predicted molar refractivity (Wildman–Crippen MR) is 64.2 cm³/mol. The van der Waals surface area contributed by atoms with Gasteiger partial charge in [0.05, 0.1) is 6.04 Å². The van der Waals surface area contributed by atoms with Crippen molar-refractivity contribution in [3.63, 3.8) is 0 Å². The smallest absolute Gasteiger partial charge is 0.243 e. The molecule has 0 aliphatic heterocycles. The zero-order valence-corrected chi connectivity index (χ0v) is 10.3. The number of hydrogen-bond acceptors (Lipinski definition) is 5. The van der Waals surface area contributed by atoms with Crippen molar-refractivity contribution in [2.75, 3.05) is 0 Å². The van der Waals surface area contributed by atoms with Gasteiger partial charge in [0.15, 0.2) is 0 Å². The molecule has 0 radical (unpaired) electrons. The van der Waals surface area contributed by atoms with Gasteiger partial charge in [0.2, 0.25) is 11.7 Å². The summed E-state index contributed by atoms with van der Waals surface area (Å²) in [7, 11) is 0. The summed E-state index contributed by atoms with van der Waals surface area (Å²) in [4.78, 5) is 4.34. The highest BCUT2D eigenvalue weighted by Crippen LogP contribution is 2.25. The van der Waals surface area contributed by atoms with Gasteiger partial charge in [-0.15, -0.1) is 0 Å². The average Bonchev–Trinajstić information content (AvgIpc) is 2.86. The summed E-state index contributed by atoms with van der Waals surface area (Å²) >= 11 is 1.64. The molecule has 4 nitrogen and oxygen atoms in total. The minimum Gasteiger partial charge on any atom is -0.337 e. The molecule has 0 spiro atoms. The van der Waals surface area contributed by atoms with Gasteiger partial charge in [0.1, 0.15) is 0 Å². The molecular formula is C11H15N3OS. The van der Waals surface area contributed by atoms with E-state index in [2.05, 4.69) is 22.4 Å². The van der Waals surface area contributed by atoms with Crippen molar-refractivity contribution in [1.82, 2.24) is 10.1 Å².